The summed E-state index contributed by atoms with van der Waals surface area (Å²) in [5.74, 6) is -0.130. The van der Waals surface area contributed by atoms with Crippen LogP contribution in [0.15, 0.2) is 170 Å². The van der Waals surface area contributed by atoms with Gasteiger partial charge in [-0.25, -0.2) is 0 Å². The van der Waals surface area contributed by atoms with Crippen LogP contribution in [0.5, 0.6) is 0 Å². The molecule has 6 aromatic rings. The Hall–Kier alpha value is -4.76. The van der Waals surface area contributed by atoms with E-state index in [0.29, 0.717) is 0 Å². The van der Waals surface area contributed by atoms with Crippen molar-refractivity contribution >= 4 is 0 Å². The first kappa shape index (κ1) is 24.7. The number of fused-ring (bicyclic) bond motifs is 15. The summed E-state index contributed by atoms with van der Waals surface area (Å²) in [6, 6.07) is 61.5. The lowest BCUT2D eigenvalue weighted by atomic mass is 9.48. The zero-order chi connectivity index (χ0) is 29.0. The minimum absolute atomic E-state index is 0.0648. The van der Waals surface area contributed by atoms with Crippen LogP contribution in [0.2, 0.25) is 0 Å². The average Bonchev–Trinajstić information content (AvgIpc) is 3.82. The smallest absolute Gasteiger partial charge is 0.127 e. The van der Waals surface area contributed by atoms with Crippen LogP contribution < -0.4 is 0 Å². The molecule has 4 atom stereocenters. The lowest BCUT2D eigenvalue weighted by Crippen LogP contribution is -2.52. The van der Waals surface area contributed by atoms with Gasteiger partial charge in [-0.2, -0.15) is 0 Å². The summed E-state index contributed by atoms with van der Waals surface area (Å²) >= 11 is 0. The second kappa shape index (κ2) is 8.45. The molecule has 6 aromatic carbocycles. The summed E-state index contributed by atoms with van der Waals surface area (Å²) in [6.07, 6.45) is 0. The highest BCUT2D eigenvalue weighted by molar-refractivity contribution is 5.67. The lowest BCUT2D eigenvalue weighted by molar-refractivity contribution is -0.146. The van der Waals surface area contributed by atoms with E-state index < -0.39 is 22.4 Å². The van der Waals surface area contributed by atoms with Crippen molar-refractivity contribution in [3.05, 3.63) is 214 Å². The Bertz CT molecular complexity index is 1750. The number of benzene rings is 6. The van der Waals surface area contributed by atoms with Gasteiger partial charge in [0.1, 0.15) is 22.4 Å². The van der Waals surface area contributed by atoms with Crippen molar-refractivity contribution in [1.29, 1.82) is 0 Å². The van der Waals surface area contributed by atoms with Gasteiger partial charge in [0.15, 0.2) is 0 Å². The van der Waals surface area contributed by atoms with Crippen LogP contribution in [0.4, 0.5) is 0 Å². The third-order valence-electron chi connectivity index (χ3n) is 11.0. The molecule has 10 rings (SSSR count). The molecule has 0 aliphatic carbocycles. The Morgan fingerprint density at radius 3 is 0.705 bits per heavy atom. The van der Waals surface area contributed by atoms with Crippen LogP contribution in [0.25, 0.3) is 0 Å². The normalized spacial score (nSPS) is 31.8. The van der Waals surface area contributed by atoms with Crippen LogP contribution in [0, 0.1) is 11.8 Å². The highest BCUT2D eigenvalue weighted by Gasteiger charge is 2.86. The molecule has 0 amide bonds. The van der Waals surface area contributed by atoms with Gasteiger partial charge in [0.2, 0.25) is 0 Å². The zero-order valence-electron chi connectivity index (χ0n) is 24.1. The predicted octanol–water partition coefficient (Wildman–Crippen LogP) is 8.68. The zero-order valence-corrected chi connectivity index (χ0v) is 24.1. The topological polar surface area (TPSA) is 18.5 Å². The van der Waals surface area contributed by atoms with E-state index in [-0.39, 0.29) is 11.8 Å². The van der Waals surface area contributed by atoms with Crippen LogP contribution in [-0.4, -0.2) is 0 Å². The highest BCUT2D eigenvalue weighted by Crippen LogP contribution is 2.83. The average molecular weight is 567 g/mol. The van der Waals surface area contributed by atoms with Gasteiger partial charge in [0.25, 0.3) is 0 Å². The van der Waals surface area contributed by atoms with E-state index in [1.165, 1.54) is 44.5 Å². The van der Waals surface area contributed by atoms with Gasteiger partial charge < -0.3 is 9.47 Å². The van der Waals surface area contributed by atoms with Crippen molar-refractivity contribution in [2.45, 2.75) is 22.4 Å². The largest absolute Gasteiger partial charge is 0.349 e. The Morgan fingerprint density at radius 2 is 0.477 bits per heavy atom. The standard InChI is InChI=1S/C42H30O2/c1-5-17-29(18-6-1)39-33-25-13-14-26-34(33)41(43-39,31-21-9-3-10-22-31)38-37(39)40(30-19-7-2-8-20-30)35-27-15-16-28-36(35)42(38,44-40)32-23-11-4-12-24-32/h1-28,37-38H/t37?,38?,39-,40-,41+,42+. The molecule has 4 bridgehead atoms. The van der Waals surface area contributed by atoms with E-state index in [1.54, 1.807) is 0 Å². The molecule has 4 heterocycles. The summed E-state index contributed by atoms with van der Waals surface area (Å²) in [5.41, 5.74) is 6.64. The first-order valence-corrected chi connectivity index (χ1v) is 15.6. The maximum absolute atomic E-state index is 7.98. The van der Waals surface area contributed by atoms with E-state index in [9.17, 15) is 0 Å². The second-order valence-corrected chi connectivity index (χ2v) is 12.7. The molecule has 0 N–H and O–H groups in total. The first-order valence-electron chi connectivity index (χ1n) is 15.6. The lowest BCUT2D eigenvalue weighted by Gasteiger charge is -2.48. The fourth-order valence-electron chi connectivity index (χ4n) is 9.74. The quantitative estimate of drug-likeness (QED) is 0.213. The minimum Gasteiger partial charge on any atom is -0.349 e. The molecule has 2 nitrogen and oxygen atoms in total. The van der Waals surface area contributed by atoms with Crippen LogP contribution in [0.1, 0.15) is 44.5 Å². The number of rotatable bonds is 4. The molecule has 44 heavy (non-hydrogen) atoms. The number of hydrogen-bond acceptors (Lipinski definition) is 2. The minimum atomic E-state index is -0.752. The highest BCUT2D eigenvalue weighted by atomic mass is 16.6. The predicted molar refractivity (Wildman–Crippen MR) is 171 cm³/mol. The van der Waals surface area contributed by atoms with Gasteiger partial charge in [-0.15, -0.1) is 0 Å². The molecule has 4 aliphatic rings. The molecule has 0 saturated carbocycles. The van der Waals surface area contributed by atoms with Gasteiger partial charge in [-0.3, -0.25) is 0 Å². The maximum atomic E-state index is 7.98. The Kier molecular flexibility index (Phi) is 4.73. The molecule has 0 aromatic heterocycles. The summed E-state index contributed by atoms with van der Waals surface area (Å²) in [6.45, 7) is 0. The van der Waals surface area contributed by atoms with Crippen molar-refractivity contribution < 1.29 is 9.47 Å². The molecule has 2 fully saturated rings. The third kappa shape index (κ3) is 2.60. The molecule has 2 heteroatoms. The Balaban J connectivity index is 1.44. The molecule has 0 unspecified atom stereocenters. The molecule has 210 valence electrons. The molecular formula is C42H30O2. The van der Waals surface area contributed by atoms with Gasteiger partial charge in [-0.05, 0) is 44.5 Å². The fourth-order valence-corrected chi connectivity index (χ4v) is 9.74. The second-order valence-electron chi connectivity index (χ2n) is 12.7. The molecule has 2 saturated heterocycles. The van der Waals surface area contributed by atoms with Crippen molar-refractivity contribution in [3.63, 3.8) is 0 Å². The SMILES string of the molecule is c1ccc([C@@]23O[C@@](c4ccccc4)(c4ccccc42)C2C3[C@]3(c4ccccc4)O[C@@]2(c2ccccc2)c2ccccc23)cc1. The van der Waals surface area contributed by atoms with E-state index in [4.69, 9.17) is 9.47 Å². The number of ether oxygens (including phenoxy) is 2. The summed E-state index contributed by atoms with van der Waals surface area (Å²) in [5, 5.41) is 0. The van der Waals surface area contributed by atoms with Gasteiger partial charge in [-0.1, -0.05) is 170 Å². The monoisotopic (exact) mass is 566 g/mol. The van der Waals surface area contributed by atoms with E-state index >= 15 is 0 Å². The molecule has 0 spiro atoms. The van der Waals surface area contributed by atoms with Crippen LogP contribution in [0.3, 0.4) is 0 Å². The third-order valence-corrected chi connectivity index (χ3v) is 11.0. The summed E-state index contributed by atoms with van der Waals surface area (Å²) in [4.78, 5) is 0. The molecule has 0 radical (unpaired) electrons. The first-order chi connectivity index (χ1) is 21.8. The van der Waals surface area contributed by atoms with Crippen molar-refractivity contribution in [1.82, 2.24) is 0 Å². The van der Waals surface area contributed by atoms with E-state index in [1.807, 2.05) is 0 Å². The van der Waals surface area contributed by atoms with E-state index in [2.05, 4.69) is 170 Å². The van der Waals surface area contributed by atoms with Crippen molar-refractivity contribution in [3.8, 4) is 0 Å². The van der Waals surface area contributed by atoms with Crippen molar-refractivity contribution in [2.24, 2.45) is 11.8 Å². The van der Waals surface area contributed by atoms with Crippen LogP contribution >= 0.6 is 0 Å². The number of hydrogen-bond donors (Lipinski definition) is 0. The molecule has 4 aliphatic heterocycles. The van der Waals surface area contributed by atoms with Crippen molar-refractivity contribution in [2.75, 3.05) is 0 Å². The maximum Gasteiger partial charge on any atom is 0.127 e. The Morgan fingerprint density at radius 1 is 0.273 bits per heavy atom. The fraction of sp³-hybridized carbons (Fsp3) is 0.143. The summed E-state index contributed by atoms with van der Waals surface area (Å²) in [7, 11) is 0. The van der Waals surface area contributed by atoms with E-state index in [0.717, 1.165) is 0 Å². The van der Waals surface area contributed by atoms with Gasteiger partial charge in [0.05, 0.1) is 0 Å². The van der Waals surface area contributed by atoms with Gasteiger partial charge in [0, 0.05) is 11.8 Å². The Labute approximate surface area is 257 Å². The van der Waals surface area contributed by atoms with Crippen LogP contribution in [-0.2, 0) is 31.9 Å². The molecular weight excluding hydrogens is 536 g/mol. The van der Waals surface area contributed by atoms with Gasteiger partial charge >= 0.3 is 0 Å². The summed E-state index contributed by atoms with van der Waals surface area (Å²) < 4.78 is 16.0.